The summed E-state index contributed by atoms with van der Waals surface area (Å²) in [6.07, 6.45) is 5.20. The summed E-state index contributed by atoms with van der Waals surface area (Å²) in [5, 5.41) is 9.76. The zero-order valence-electron chi connectivity index (χ0n) is 14.2. The van der Waals surface area contributed by atoms with Crippen LogP contribution >= 0.6 is 0 Å². The number of carbonyl (C=O) groups is 1. The zero-order valence-corrected chi connectivity index (χ0v) is 14.2. The number of aromatic nitrogens is 2. The van der Waals surface area contributed by atoms with E-state index in [0.717, 1.165) is 33.2 Å². The van der Waals surface area contributed by atoms with Crippen molar-refractivity contribution in [2.45, 2.75) is 0 Å². The van der Waals surface area contributed by atoms with Crippen LogP contribution in [0.15, 0.2) is 73.2 Å². The minimum atomic E-state index is -0.541. The van der Waals surface area contributed by atoms with Crippen LogP contribution in [0, 0.1) is 11.8 Å². The van der Waals surface area contributed by atoms with Crippen LogP contribution in [0.2, 0.25) is 0 Å². The Balaban J connectivity index is 1.68. The number of carbonyl (C=O) groups excluding carboxylic acids is 1. The smallest absolute Gasteiger partial charge is 0.275 e. The molecule has 130 valence electrons. The first kappa shape index (κ1) is 16.6. The number of amides is 1. The van der Waals surface area contributed by atoms with E-state index in [-0.39, 0.29) is 0 Å². The number of benzene rings is 2. The second-order valence-electron chi connectivity index (χ2n) is 5.97. The van der Waals surface area contributed by atoms with E-state index < -0.39 is 5.91 Å². The molecule has 0 aliphatic carbocycles. The van der Waals surface area contributed by atoms with Crippen molar-refractivity contribution in [1.82, 2.24) is 15.4 Å². The van der Waals surface area contributed by atoms with E-state index in [0.29, 0.717) is 5.56 Å². The second kappa shape index (κ2) is 7.16. The summed E-state index contributed by atoms with van der Waals surface area (Å²) in [7, 11) is 0. The standard InChI is InChI=1S/C22H15N3O2/c26-22(25-27)20-12-18(13-21-19(20)9-11-24-21)17-7-5-15(6-8-17)3-4-16-2-1-10-23-14-16/h1-2,5-14,24,27H,(H,25,26). The van der Waals surface area contributed by atoms with Crippen molar-refractivity contribution in [3.63, 3.8) is 0 Å². The van der Waals surface area contributed by atoms with Gasteiger partial charge in [0, 0.05) is 40.6 Å². The topological polar surface area (TPSA) is 78.0 Å². The van der Waals surface area contributed by atoms with Crippen molar-refractivity contribution in [3.8, 4) is 23.0 Å². The lowest BCUT2D eigenvalue weighted by molar-refractivity contribution is 0.0708. The van der Waals surface area contributed by atoms with Crippen molar-refractivity contribution < 1.29 is 10.0 Å². The molecule has 0 atom stereocenters. The maximum atomic E-state index is 12.0. The van der Waals surface area contributed by atoms with Gasteiger partial charge in [-0.25, -0.2) is 5.48 Å². The van der Waals surface area contributed by atoms with E-state index in [9.17, 15) is 4.79 Å². The van der Waals surface area contributed by atoms with Crippen molar-refractivity contribution in [2.75, 3.05) is 0 Å². The predicted molar refractivity (Wildman–Crippen MR) is 103 cm³/mol. The number of nitrogens with zero attached hydrogens (tertiary/aromatic N) is 1. The predicted octanol–water partition coefficient (Wildman–Crippen LogP) is 3.75. The molecule has 5 heteroatoms. The highest BCUT2D eigenvalue weighted by Gasteiger charge is 2.12. The van der Waals surface area contributed by atoms with Crippen LogP contribution in [0.3, 0.4) is 0 Å². The van der Waals surface area contributed by atoms with E-state index in [1.165, 1.54) is 0 Å². The molecule has 4 aromatic rings. The highest BCUT2D eigenvalue weighted by atomic mass is 16.5. The molecule has 27 heavy (non-hydrogen) atoms. The lowest BCUT2D eigenvalue weighted by atomic mass is 9.99. The van der Waals surface area contributed by atoms with Gasteiger partial charge in [-0.05, 0) is 53.6 Å². The third-order valence-corrected chi connectivity index (χ3v) is 4.25. The molecule has 2 aromatic carbocycles. The molecule has 0 aliphatic heterocycles. The summed E-state index contributed by atoms with van der Waals surface area (Å²) in [6.45, 7) is 0. The molecule has 2 aromatic heterocycles. The number of H-pyrrole nitrogens is 1. The summed E-state index contributed by atoms with van der Waals surface area (Å²) in [6, 6.07) is 17.1. The molecule has 3 N–H and O–H groups in total. The highest BCUT2D eigenvalue weighted by molar-refractivity contribution is 6.07. The molecule has 4 rings (SSSR count). The number of fused-ring (bicyclic) bond motifs is 1. The normalized spacial score (nSPS) is 10.3. The van der Waals surface area contributed by atoms with E-state index in [1.807, 2.05) is 42.5 Å². The quantitative estimate of drug-likeness (QED) is 0.292. The summed E-state index contributed by atoms with van der Waals surface area (Å²) in [5.74, 6) is 5.64. The Morgan fingerprint density at radius 3 is 2.56 bits per heavy atom. The summed E-state index contributed by atoms with van der Waals surface area (Å²) < 4.78 is 0. The van der Waals surface area contributed by atoms with E-state index in [2.05, 4.69) is 21.8 Å². The van der Waals surface area contributed by atoms with Gasteiger partial charge in [-0.3, -0.25) is 15.0 Å². The summed E-state index contributed by atoms with van der Waals surface area (Å²) in [4.78, 5) is 19.1. The molecule has 0 saturated carbocycles. The molecule has 0 radical (unpaired) electrons. The van der Waals surface area contributed by atoms with Crippen LogP contribution in [0.25, 0.3) is 22.0 Å². The number of aromatic amines is 1. The number of hydrogen-bond acceptors (Lipinski definition) is 3. The van der Waals surface area contributed by atoms with Gasteiger partial charge in [0.1, 0.15) is 0 Å². The summed E-state index contributed by atoms with van der Waals surface area (Å²) in [5.41, 5.74) is 6.51. The van der Waals surface area contributed by atoms with E-state index >= 15 is 0 Å². The zero-order chi connectivity index (χ0) is 18.6. The molecule has 1 amide bonds. The molecule has 5 nitrogen and oxygen atoms in total. The van der Waals surface area contributed by atoms with Crippen molar-refractivity contribution in [2.24, 2.45) is 0 Å². The van der Waals surface area contributed by atoms with Crippen LogP contribution in [0.1, 0.15) is 21.5 Å². The number of rotatable bonds is 2. The lowest BCUT2D eigenvalue weighted by Gasteiger charge is -2.07. The average molecular weight is 353 g/mol. The average Bonchev–Trinajstić information content (AvgIpc) is 3.21. The minimum absolute atomic E-state index is 0.409. The SMILES string of the molecule is O=C(NO)c1cc(-c2ccc(C#Cc3cccnc3)cc2)cc2[nH]ccc12. The molecular formula is C22H15N3O2. The van der Waals surface area contributed by atoms with Gasteiger partial charge in [0.2, 0.25) is 0 Å². The Morgan fingerprint density at radius 2 is 1.81 bits per heavy atom. The fourth-order valence-electron chi connectivity index (χ4n) is 2.91. The van der Waals surface area contributed by atoms with Crippen molar-refractivity contribution in [1.29, 1.82) is 0 Å². The van der Waals surface area contributed by atoms with Gasteiger partial charge in [-0.2, -0.15) is 0 Å². The highest BCUT2D eigenvalue weighted by Crippen LogP contribution is 2.27. The second-order valence-corrected chi connectivity index (χ2v) is 5.97. The first-order chi connectivity index (χ1) is 13.2. The van der Waals surface area contributed by atoms with E-state index in [4.69, 9.17) is 5.21 Å². The Hall–Kier alpha value is -3.88. The van der Waals surface area contributed by atoms with Crippen LogP contribution in [0.5, 0.6) is 0 Å². The monoisotopic (exact) mass is 353 g/mol. The van der Waals surface area contributed by atoms with E-state index in [1.54, 1.807) is 36.2 Å². The summed E-state index contributed by atoms with van der Waals surface area (Å²) >= 11 is 0. The maximum absolute atomic E-state index is 12.0. The Labute approximate surface area is 155 Å². The number of pyridine rings is 1. The van der Waals surface area contributed by atoms with Gasteiger partial charge in [0.25, 0.3) is 5.91 Å². The lowest BCUT2D eigenvalue weighted by Crippen LogP contribution is -2.18. The van der Waals surface area contributed by atoms with Gasteiger partial charge in [0.15, 0.2) is 0 Å². The van der Waals surface area contributed by atoms with Gasteiger partial charge >= 0.3 is 0 Å². The molecule has 0 aliphatic rings. The van der Waals surface area contributed by atoms with Gasteiger partial charge in [0.05, 0.1) is 5.56 Å². The molecule has 0 spiro atoms. The molecular weight excluding hydrogens is 338 g/mol. The Kier molecular flexibility index (Phi) is 4.40. The molecule has 0 bridgehead atoms. The Bertz CT molecular complexity index is 1170. The van der Waals surface area contributed by atoms with Crippen LogP contribution in [0.4, 0.5) is 0 Å². The molecule has 0 fully saturated rings. The fourth-order valence-corrected chi connectivity index (χ4v) is 2.91. The van der Waals surface area contributed by atoms with Crippen molar-refractivity contribution >= 4 is 16.8 Å². The minimum Gasteiger partial charge on any atom is -0.361 e. The molecule has 2 heterocycles. The van der Waals surface area contributed by atoms with Crippen LogP contribution in [-0.2, 0) is 0 Å². The van der Waals surface area contributed by atoms with Crippen LogP contribution < -0.4 is 5.48 Å². The van der Waals surface area contributed by atoms with Gasteiger partial charge in [-0.1, -0.05) is 24.0 Å². The third-order valence-electron chi connectivity index (χ3n) is 4.25. The maximum Gasteiger partial charge on any atom is 0.275 e. The molecule has 0 unspecified atom stereocenters. The number of hydrogen-bond donors (Lipinski definition) is 3. The largest absolute Gasteiger partial charge is 0.361 e. The first-order valence-corrected chi connectivity index (χ1v) is 8.32. The number of nitrogens with one attached hydrogen (secondary N) is 2. The number of hydroxylamine groups is 1. The molecule has 0 saturated heterocycles. The van der Waals surface area contributed by atoms with Gasteiger partial charge in [-0.15, -0.1) is 0 Å². The fraction of sp³-hybridized carbons (Fsp3) is 0. The van der Waals surface area contributed by atoms with Crippen LogP contribution in [-0.4, -0.2) is 21.1 Å². The van der Waals surface area contributed by atoms with Crippen molar-refractivity contribution in [3.05, 3.63) is 89.9 Å². The first-order valence-electron chi connectivity index (χ1n) is 8.32. The van der Waals surface area contributed by atoms with Gasteiger partial charge < -0.3 is 4.98 Å². The third kappa shape index (κ3) is 3.43. The Morgan fingerprint density at radius 1 is 1.00 bits per heavy atom.